The molecule has 4 heteroatoms. The van der Waals surface area contributed by atoms with E-state index < -0.39 is 14.3 Å². The minimum Gasteiger partial charge on any atom is -0.309 e. The summed E-state index contributed by atoms with van der Waals surface area (Å²) in [7, 11) is -6.55. The van der Waals surface area contributed by atoms with Gasteiger partial charge in [0, 0.05) is 31.8 Å². The quantitative estimate of drug-likeness (QED) is 0.243. The summed E-state index contributed by atoms with van der Waals surface area (Å²) in [6.07, 6.45) is 0. The number of hydrogen-bond donors (Lipinski definition) is 0. The van der Waals surface area contributed by atoms with Crippen LogP contribution in [0.15, 0.2) is 121 Å². The molecule has 0 aliphatic rings. The fourth-order valence-electron chi connectivity index (χ4n) is 5.37. The Hall–Kier alpha value is -3.44. The van der Waals surface area contributed by atoms with Gasteiger partial charge < -0.3 is 9.13 Å². The largest absolute Gasteiger partial charge is 0.309 e. The van der Waals surface area contributed by atoms with Crippen molar-refractivity contribution in [3.8, 4) is 0 Å². The highest BCUT2D eigenvalue weighted by Crippen LogP contribution is 2.47. The molecule has 5 aromatic carbocycles. The summed E-state index contributed by atoms with van der Waals surface area (Å²) in [5.74, 6) is 0. The first-order valence-corrected chi connectivity index (χ1v) is 16.3. The van der Waals surface area contributed by atoms with Crippen LogP contribution in [0.3, 0.4) is 0 Å². The lowest BCUT2D eigenvalue weighted by molar-refractivity contribution is 0.592. The van der Waals surface area contributed by atoms with Crippen LogP contribution in [0.5, 0.6) is 0 Å². The first-order valence-electron chi connectivity index (χ1n) is 12.8. The molecule has 5 aromatic rings. The van der Waals surface area contributed by atoms with Gasteiger partial charge in [-0.15, -0.1) is 0 Å². The summed E-state index contributed by atoms with van der Waals surface area (Å²) in [6, 6.07) is 39.3. The van der Waals surface area contributed by atoms with Gasteiger partial charge in [-0.25, -0.2) is 0 Å². The molecule has 0 saturated carbocycles. The van der Waals surface area contributed by atoms with Crippen molar-refractivity contribution in [2.75, 3.05) is 0 Å². The second-order valence-electron chi connectivity index (χ2n) is 9.88. The Morgan fingerprint density at radius 1 is 0.368 bits per heavy atom. The normalized spacial score (nSPS) is 11.9. The molecule has 0 unspecified atom stereocenters. The molecule has 0 spiro atoms. The zero-order valence-corrected chi connectivity index (χ0v) is 24.0. The van der Waals surface area contributed by atoms with E-state index in [4.69, 9.17) is 0 Å². The molecule has 0 saturated heterocycles. The zero-order chi connectivity index (χ0) is 26.9. The number of benzene rings is 5. The lowest BCUT2D eigenvalue weighted by Gasteiger charge is -2.26. The molecule has 0 aliphatic heterocycles. The molecule has 2 nitrogen and oxygen atoms in total. The molecule has 190 valence electrons. The van der Waals surface area contributed by atoms with Gasteiger partial charge in [-0.2, -0.15) is 0 Å². The minimum absolute atomic E-state index is 0.695. The van der Waals surface area contributed by atoms with Crippen LogP contribution in [0.2, 0.25) is 0 Å². The van der Waals surface area contributed by atoms with Crippen molar-refractivity contribution < 1.29 is 9.13 Å². The summed E-state index contributed by atoms with van der Waals surface area (Å²) in [5.41, 5.74) is 3.91. The highest BCUT2D eigenvalue weighted by atomic mass is 31.2. The van der Waals surface area contributed by atoms with E-state index in [2.05, 4.69) is 0 Å². The van der Waals surface area contributed by atoms with Gasteiger partial charge in [-0.1, -0.05) is 115 Å². The van der Waals surface area contributed by atoms with E-state index in [0.717, 1.165) is 43.5 Å². The molecule has 0 fully saturated rings. The molecule has 0 bridgehead atoms. The molecule has 38 heavy (non-hydrogen) atoms. The van der Waals surface area contributed by atoms with E-state index in [1.165, 1.54) is 0 Å². The summed E-state index contributed by atoms with van der Waals surface area (Å²) < 4.78 is 30.9. The predicted molar refractivity (Wildman–Crippen MR) is 164 cm³/mol. The van der Waals surface area contributed by atoms with Crippen LogP contribution >= 0.6 is 14.3 Å². The fourth-order valence-corrected chi connectivity index (χ4v) is 11.8. The summed E-state index contributed by atoms with van der Waals surface area (Å²) in [4.78, 5) is 0. The molecule has 0 amide bonds. The maximum atomic E-state index is 15.5. The molecule has 5 rings (SSSR count). The molecular weight excluding hydrogens is 502 g/mol. The average molecular weight is 535 g/mol. The summed E-state index contributed by atoms with van der Waals surface area (Å²) >= 11 is 0. The maximum absolute atomic E-state index is 15.5. The van der Waals surface area contributed by atoms with E-state index in [0.29, 0.717) is 10.6 Å². The van der Waals surface area contributed by atoms with Crippen LogP contribution in [0.4, 0.5) is 0 Å². The van der Waals surface area contributed by atoms with Crippen molar-refractivity contribution in [2.45, 2.75) is 27.7 Å². The second kappa shape index (κ2) is 10.4. The lowest BCUT2D eigenvalue weighted by atomic mass is 10.2. The third-order valence-electron chi connectivity index (χ3n) is 7.38. The first kappa shape index (κ1) is 26.2. The topological polar surface area (TPSA) is 34.1 Å². The zero-order valence-electron chi connectivity index (χ0n) is 22.3. The highest BCUT2D eigenvalue weighted by molar-refractivity contribution is 7.86. The number of rotatable bonds is 6. The van der Waals surface area contributed by atoms with Crippen molar-refractivity contribution in [1.29, 1.82) is 0 Å². The van der Waals surface area contributed by atoms with E-state index in [1.54, 1.807) is 0 Å². The van der Waals surface area contributed by atoms with Crippen LogP contribution in [0.25, 0.3) is 0 Å². The minimum atomic E-state index is -3.28. The fraction of sp³-hybridized carbons (Fsp3) is 0.118. The maximum Gasteiger partial charge on any atom is 0.171 e. The van der Waals surface area contributed by atoms with E-state index in [9.17, 15) is 0 Å². The predicted octanol–water partition coefficient (Wildman–Crippen LogP) is 6.20. The van der Waals surface area contributed by atoms with Crippen molar-refractivity contribution in [2.24, 2.45) is 0 Å². The Morgan fingerprint density at radius 3 is 0.895 bits per heavy atom. The summed E-state index contributed by atoms with van der Waals surface area (Å²) in [6.45, 7) is 8.04. The van der Waals surface area contributed by atoms with Crippen LogP contribution < -0.4 is 31.8 Å². The van der Waals surface area contributed by atoms with E-state index >= 15 is 9.13 Å². The smallest absolute Gasteiger partial charge is 0.171 e. The average Bonchev–Trinajstić information content (AvgIpc) is 2.93. The molecular formula is C34H32O2P2. The van der Waals surface area contributed by atoms with E-state index in [1.807, 2.05) is 149 Å². The van der Waals surface area contributed by atoms with Gasteiger partial charge in [0.1, 0.15) is 0 Å². The van der Waals surface area contributed by atoms with Crippen LogP contribution in [-0.4, -0.2) is 0 Å². The monoisotopic (exact) mass is 534 g/mol. The Morgan fingerprint density at radius 2 is 0.632 bits per heavy atom. The molecule has 0 atom stereocenters. The van der Waals surface area contributed by atoms with Crippen molar-refractivity contribution >= 4 is 46.1 Å². The third-order valence-corrected chi connectivity index (χ3v) is 14.1. The Bertz CT molecular complexity index is 1510. The van der Waals surface area contributed by atoms with Gasteiger partial charge in [0.25, 0.3) is 0 Å². The Balaban J connectivity index is 1.84. The van der Waals surface area contributed by atoms with Crippen molar-refractivity contribution in [3.63, 3.8) is 0 Å². The van der Waals surface area contributed by atoms with Gasteiger partial charge in [0.05, 0.1) is 0 Å². The second-order valence-corrected chi connectivity index (χ2v) is 15.3. The Kier molecular flexibility index (Phi) is 7.15. The Labute approximate surface area is 226 Å². The van der Waals surface area contributed by atoms with Gasteiger partial charge in [0.15, 0.2) is 14.3 Å². The number of hydrogen-bond acceptors (Lipinski definition) is 2. The number of aryl methyl sites for hydroxylation is 4. The molecule has 0 aromatic heterocycles. The van der Waals surface area contributed by atoms with Crippen LogP contribution in [-0.2, 0) is 9.13 Å². The molecule has 0 radical (unpaired) electrons. The SMILES string of the molecule is Cc1ccccc1P(=O)(c1cccc(P(=O)(c2ccccc2C)c2ccccc2C)c1)c1ccccc1C. The van der Waals surface area contributed by atoms with Gasteiger partial charge >= 0.3 is 0 Å². The first-order chi connectivity index (χ1) is 18.3. The van der Waals surface area contributed by atoms with Crippen molar-refractivity contribution in [1.82, 2.24) is 0 Å². The molecule has 0 aliphatic carbocycles. The summed E-state index contributed by atoms with van der Waals surface area (Å²) in [5, 5.41) is 4.64. The standard InChI is InChI=1S/C34H32O2P2/c1-25-14-5-9-20-31(25)37(35,32-21-10-6-15-26(32)2)29-18-13-19-30(24-29)38(36,33-22-11-7-16-27(33)3)34-23-12-8-17-28(34)4/h5-24H,1-4H3. The highest BCUT2D eigenvalue weighted by Gasteiger charge is 2.36. The van der Waals surface area contributed by atoms with E-state index in [-0.39, 0.29) is 0 Å². The van der Waals surface area contributed by atoms with Gasteiger partial charge in [0.2, 0.25) is 0 Å². The van der Waals surface area contributed by atoms with Crippen LogP contribution in [0, 0.1) is 27.7 Å². The lowest BCUT2D eigenvalue weighted by Crippen LogP contribution is -2.32. The van der Waals surface area contributed by atoms with Crippen LogP contribution in [0.1, 0.15) is 22.3 Å². The molecule has 0 heterocycles. The van der Waals surface area contributed by atoms with Gasteiger partial charge in [-0.3, -0.25) is 0 Å². The van der Waals surface area contributed by atoms with Gasteiger partial charge in [-0.05, 0) is 56.0 Å². The molecule has 0 N–H and O–H groups in total. The third kappa shape index (κ3) is 4.33. The van der Waals surface area contributed by atoms with Crippen molar-refractivity contribution in [3.05, 3.63) is 144 Å².